The molecule has 118 valence electrons. The summed E-state index contributed by atoms with van der Waals surface area (Å²) < 4.78 is 26.6. The van der Waals surface area contributed by atoms with Crippen molar-refractivity contribution in [1.29, 1.82) is 0 Å². The number of fused-ring (bicyclic) bond motifs is 1. The Morgan fingerprint density at radius 2 is 2.41 bits per heavy atom. The standard InChI is InChI=1S/C14H16FN3O4/c1-3-8-4-10(21-7(2)19)14(22-8)18-5-9(15)11-12(18)16-6-17-13(11)20/h5-6,8,10,14H,3-4H2,1-2H3,(H,16,17,20)/t8-,10-,14-/m1/s1. The Labute approximate surface area is 125 Å². The SMILES string of the molecule is CC[C@@H]1C[C@@H](OC(C)=O)[C@H](n2cc(F)c3c(=O)[nH]cnc32)O1. The van der Waals surface area contributed by atoms with Gasteiger partial charge in [0.1, 0.15) is 11.5 Å². The van der Waals surface area contributed by atoms with Crippen LogP contribution in [-0.2, 0) is 14.3 Å². The van der Waals surface area contributed by atoms with E-state index in [9.17, 15) is 14.0 Å². The van der Waals surface area contributed by atoms with Crippen molar-refractivity contribution in [2.45, 2.75) is 45.1 Å². The van der Waals surface area contributed by atoms with Crippen molar-refractivity contribution in [2.75, 3.05) is 0 Å². The van der Waals surface area contributed by atoms with Crippen LogP contribution >= 0.6 is 0 Å². The van der Waals surface area contributed by atoms with E-state index < -0.39 is 29.7 Å². The number of ether oxygens (including phenoxy) is 2. The summed E-state index contributed by atoms with van der Waals surface area (Å²) in [6.45, 7) is 3.27. The zero-order chi connectivity index (χ0) is 15.9. The number of H-pyrrole nitrogens is 1. The van der Waals surface area contributed by atoms with Gasteiger partial charge >= 0.3 is 5.97 Å². The maximum absolute atomic E-state index is 14.0. The van der Waals surface area contributed by atoms with E-state index in [1.54, 1.807) is 0 Å². The quantitative estimate of drug-likeness (QED) is 0.868. The van der Waals surface area contributed by atoms with Crippen molar-refractivity contribution >= 4 is 17.0 Å². The van der Waals surface area contributed by atoms with E-state index in [1.165, 1.54) is 17.8 Å². The molecule has 2 aromatic heterocycles. The smallest absolute Gasteiger partial charge is 0.303 e. The van der Waals surface area contributed by atoms with Crippen LogP contribution in [0.5, 0.6) is 0 Å². The summed E-state index contributed by atoms with van der Waals surface area (Å²) in [6.07, 6.45) is 2.28. The molecule has 0 aromatic carbocycles. The maximum Gasteiger partial charge on any atom is 0.303 e. The van der Waals surface area contributed by atoms with Gasteiger partial charge in [0, 0.05) is 19.5 Å². The highest BCUT2D eigenvalue weighted by Gasteiger charge is 2.39. The maximum atomic E-state index is 14.0. The van der Waals surface area contributed by atoms with Gasteiger partial charge in [-0.3, -0.25) is 14.2 Å². The summed E-state index contributed by atoms with van der Waals surface area (Å²) in [5, 5.41) is -0.132. The van der Waals surface area contributed by atoms with Crippen LogP contribution in [-0.4, -0.2) is 32.7 Å². The van der Waals surface area contributed by atoms with Crippen LogP contribution in [0.2, 0.25) is 0 Å². The molecule has 1 aliphatic rings. The van der Waals surface area contributed by atoms with Gasteiger partial charge in [0.15, 0.2) is 17.7 Å². The highest BCUT2D eigenvalue weighted by atomic mass is 19.1. The van der Waals surface area contributed by atoms with Crippen LogP contribution in [0.3, 0.4) is 0 Å². The van der Waals surface area contributed by atoms with Gasteiger partial charge in [-0.05, 0) is 6.42 Å². The second-order valence-corrected chi connectivity index (χ2v) is 5.26. The second kappa shape index (κ2) is 5.53. The van der Waals surface area contributed by atoms with Crippen molar-refractivity contribution in [3.8, 4) is 0 Å². The molecule has 3 heterocycles. The molecule has 0 aliphatic carbocycles. The average molecular weight is 309 g/mol. The van der Waals surface area contributed by atoms with Crippen LogP contribution in [0.15, 0.2) is 17.3 Å². The number of carbonyl (C=O) groups excluding carboxylic acids is 1. The molecule has 22 heavy (non-hydrogen) atoms. The zero-order valence-corrected chi connectivity index (χ0v) is 12.2. The van der Waals surface area contributed by atoms with Gasteiger partial charge in [0.05, 0.1) is 12.4 Å². The number of carbonyl (C=O) groups is 1. The minimum atomic E-state index is -0.699. The van der Waals surface area contributed by atoms with Gasteiger partial charge in [-0.25, -0.2) is 9.37 Å². The summed E-state index contributed by atoms with van der Waals surface area (Å²) in [6, 6.07) is 0. The number of nitrogens with one attached hydrogen (secondary N) is 1. The Hall–Kier alpha value is -2.22. The molecule has 0 unspecified atom stereocenters. The Bertz CT molecular complexity index is 769. The summed E-state index contributed by atoms with van der Waals surface area (Å²) in [7, 11) is 0. The summed E-state index contributed by atoms with van der Waals surface area (Å²) in [5.41, 5.74) is -0.393. The highest BCUT2D eigenvalue weighted by Crippen LogP contribution is 2.35. The van der Waals surface area contributed by atoms with E-state index in [2.05, 4.69) is 9.97 Å². The largest absolute Gasteiger partial charge is 0.458 e. The van der Waals surface area contributed by atoms with Crippen molar-refractivity contribution in [3.05, 3.63) is 28.7 Å². The van der Waals surface area contributed by atoms with E-state index in [0.717, 1.165) is 12.6 Å². The van der Waals surface area contributed by atoms with Gasteiger partial charge in [-0.15, -0.1) is 0 Å². The van der Waals surface area contributed by atoms with E-state index in [0.29, 0.717) is 6.42 Å². The number of hydrogen-bond donors (Lipinski definition) is 1. The van der Waals surface area contributed by atoms with Crippen molar-refractivity contribution in [2.24, 2.45) is 0 Å². The monoisotopic (exact) mass is 309 g/mol. The number of halogens is 1. The molecular formula is C14H16FN3O4. The lowest BCUT2D eigenvalue weighted by molar-refractivity contribution is -0.152. The lowest BCUT2D eigenvalue weighted by Gasteiger charge is -2.20. The number of esters is 1. The van der Waals surface area contributed by atoms with Gasteiger partial charge in [0.2, 0.25) is 0 Å². The predicted octanol–water partition coefficient (Wildman–Crippen LogP) is 1.49. The fraction of sp³-hybridized carbons (Fsp3) is 0.500. The van der Waals surface area contributed by atoms with E-state index in [4.69, 9.17) is 9.47 Å². The van der Waals surface area contributed by atoms with Gasteiger partial charge in [0.25, 0.3) is 5.56 Å². The molecule has 3 rings (SSSR count). The number of aromatic nitrogens is 3. The topological polar surface area (TPSA) is 86.2 Å². The van der Waals surface area contributed by atoms with Crippen LogP contribution in [0, 0.1) is 5.82 Å². The molecule has 3 atom stereocenters. The van der Waals surface area contributed by atoms with E-state index in [-0.39, 0.29) is 17.1 Å². The molecule has 0 bridgehead atoms. The molecule has 1 fully saturated rings. The van der Waals surface area contributed by atoms with E-state index in [1.807, 2.05) is 6.92 Å². The minimum Gasteiger partial charge on any atom is -0.458 e. The van der Waals surface area contributed by atoms with Crippen LogP contribution in [0.1, 0.15) is 32.9 Å². The number of rotatable bonds is 3. The number of aromatic amines is 1. The average Bonchev–Trinajstić information content (AvgIpc) is 3.00. The third kappa shape index (κ3) is 2.39. The Morgan fingerprint density at radius 3 is 3.09 bits per heavy atom. The van der Waals surface area contributed by atoms with Crippen molar-refractivity contribution < 1.29 is 18.7 Å². The first-order chi connectivity index (χ1) is 10.5. The minimum absolute atomic E-state index is 0.100. The fourth-order valence-corrected chi connectivity index (χ4v) is 2.79. The van der Waals surface area contributed by atoms with Crippen LogP contribution in [0.4, 0.5) is 4.39 Å². The normalized spacial score (nSPS) is 24.8. The number of hydrogen-bond acceptors (Lipinski definition) is 5. The lowest BCUT2D eigenvalue weighted by Crippen LogP contribution is -2.24. The van der Waals surface area contributed by atoms with Gasteiger partial charge < -0.3 is 14.5 Å². The zero-order valence-electron chi connectivity index (χ0n) is 12.2. The Morgan fingerprint density at radius 1 is 1.64 bits per heavy atom. The van der Waals surface area contributed by atoms with Crippen molar-refractivity contribution in [3.63, 3.8) is 0 Å². The molecule has 0 amide bonds. The Kier molecular flexibility index (Phi) is 3.69. The van der Waals surface area contributed by atoms with Gasteiger partial charge in [-0.1, -0.05) is 6.92 Å². The Balaban J connectivity index is 2.07. The molecule has 2 aromatic rings. The molecule has 7 nitrogen and oxygen atoms in total. The first-order valence-corrected chi connectivity index (χ1v) is 7.07. The first-order valence-electron chi connectivity index (χ1n) is 7.07. The molecule has 8 heteroatoms. The fourth-order valence-electron chi connectivity index (χ4n) is 2.79. The molecule has 1 aliphatic heterocycles. The molecular weight excluding hydrogens is 293 g/mol. The molecule has 1 N–H and O–H groups in total. The van der Waals surface area contributed by atoms with Crippen LogP contribution < -0.4 is 5.56 Å². The number of nitrogens with zero attached hydrogens (tertiary/aromatic N) is 2. The van der Waals surface area contributed by atoms with Gasteiger partial charge in [-0.2, -0.15) is 0 Å². The predicted molar refractivity (Wildman–Crippen MR) is 74.7 cm³/mol. The summed E-state index contributed by atoms with van der Waals surface area (Å²) in [5.74, 6) is -1.12. The van der Waals surface area contributed by atoms with Crippen LogP contribution in [0.25, 0.3) is 11.0 Å². The second-order valence-electron chi connectivity index (χ2n) is 5.26. The third-order valence-corrected chi connectivity index (χ3v) is 3.76. The lowest BCUT2D eigenvalue weighted by atomic mass is 10.1. The molecule has 0 saturated carbocycles. The van der Waals surface area contributed by atoms with Crippen molar-refractivity contribution in [1.82, 2.24) is 14.5 Å². The summed E-state index contributed by atoms with van der Waals surface area (Å²) in [4.78, 5) is 29.4. The molecule has 1 saturated heterocycles. The highest BCUT2D eigenvalue weighted by molar-refractivity contribution is 5.75. The molecule has 0 radical (unpaired) electrons. The first kappa shape index (κ1) is 14.7. The third-order valence-electron chi connectivity index (χ3n) is 3.76. The summed E-state index contributed by atoms with van der Waals surface area (Å²) >= 11 is 0. The molecule has 0 spiro atoms. The van der Waals surface area contributed by atoms with E-state index >= 15 is 0 Å².